The third-order valence-corrected chi connectivity index (χ3v) is 4.12. The molecule has 1 N–H and O–H groups in total. The van der Waals surface area contributed by atoms with Crippen molar-refractivity contribution in [2.75, 3.05) is 18.5 Å². The third-order valence-electron chi connectivity index (χ3n) is 4.12. The zero-order valence-corrected chi connectivity index (χ0v) is 16.9. The first kappa shape index (κ1) is 18.8. The Labute approximate surface area is 161 Å². The predicted molar refractivity (Wildman–Crippen MR) is 110 cm³/mol. The number of anilines is 1. The highest BCUT2D eigenvalue weighted by Gasteiger charge is 2.22. The van der Waals surface area contributed by atoms with Crippen molar-refractivity contribution < 1.29 is 0 Å². The van der Waals surface area contributed by atoms with Crippen LogP contribution in [0.1, 0.15) is 25.2 Å². The number of aromatic nitrogens is 2. The van der Waals surface area contributed by atoms with Gasteiger partial charge in [0.15, 0.2) is 5.96 Å². The van der Waals surface area contributed by atoms with Crippen molar-refractivity contribution >= 4 is 35.6 Å². The highest BCUT2D eigenvalue weighted by molar-refractivity contribution is 14.0. The lowest BCUT2D eigenvalue weighted by Crippen LogP contribution is -2.40. The highest BCUT2D eigenvalue weighted by atomic mass is 127. The van der Waals surface area contributed by atoms with Crippen molar-refractivity contribution in [1.82, 2.24) is 14.9 Å². The topological polar surface area (TPSA) is 45.5 Å². The quantitative estimate of drug-likeness (QED) is 0.452. The maximum Gasteiger partial charge on any atom is 0.198 e. The summed E-state index contributed by atoms with van der Waals surface area (Å²) in [4.78, 5) is 11.2. The van der Waals surface area contributed by atoms with E-state index in [1.54, 1.807) is 0 Å². The van der Waals surface area contributed by atoms with E-state index in [0.717, 1.165) is 31.3 Å². The summed E-state index contributed by atoms with van der Waals surface area (Å²) in [6.07, 6.45) is 4.98. The van der Waals surface area contributed by atoms with Crippen LogP contribution in [0.5, 0.6) is 0 Å². The molecular weight excluding hydrogens is 413 g/mol. The van der Waals surface area contributed by atoms with Crippen molar-refractivity contribution in [3.63, 3.8) is 0 Å². The number of fused-ring (bicyclic) bond motifs is 1. The molecule has 0 saturated carbocycles. The minimum atomic E-state index is 0. The van der Waals surface area contributed by atoms with Crippen LogP contribution in [0.4, 0.5) is 5.69 Å². The fourth-order valence-corrected chi connectivity index (χ4v) is 3.08. The lowest BCUT2D eigenvalue weighted by molar-refractivity contribution is 0.504. The van der Waals surface area contributed by atoms with Crippen LogP contribution in [0.2, 0.25) is 0 Å². The van der Waals surface area contributed by atoms with Crippen LogP contribution < -0.4 is 10.2 Å². The molecule has 6 heteroatoms. The predicted octanol–water partition coefficient (Wildman–Crippen LogP) is 3.30. The van der Waals surface area contributed by atoms with E-state index in [1.807, 2.05) is 19.4 Å². The van der Waals surface area contributed by atoms with Crippen molar-refractivity contribution in [3.8, 4) is 0 Å². The van der Waals surface area contributed by atoms with E-state index in [1.165, 1.54) is 11.3 Å². The number of halogens is 1. The van der Waals surface area contributed by atoms with Gasteiger partial charge in [-0.2, -0.15) is 0 Å². The number of para-hydroxylation sites is 1. The smallest absolute Gasteiger partial charge is 0.198 e. The van der Waals surface area contributed by atoms with Crippen LogP contribution in [0.25, 0.3) is 0 Å². The highest BCUT2D eigenvalue weighted by Crippen LogP contribution is 2.27. The standard InChI is InChI=1S/C18H25N5.HI/c1-14(2)13-22-11-9-20-17(22)12-21-18(19-3)23-10-8-15-6-4-5-7-16(15)23;/h4-7,9,11,14H,8,10,12-13H2,1-3H3,(H,19,21);1H. The molecule has 0 amide bonds. The Morgan fingerprint density at radius 2 is 2.12 bits per heavy atom. The Balaban J connectivity index is 0.00000208. The molecular formula is C18H26IN5. The zero-order chi connectivity index (χ0) is 16.2. The number of imidazole rings is 1. The molecule has 0 unspecified atom stereocenters. The van der Waals surface area contributed by atoms with Crippen molar-refractivity contribution in [2.24, 2.45) is 10.9 Å². The van der Waals surface area contributed by atoms with Crippen LogP contribution in [0.15, 0.2) is 41.7 Å². The maximum absolute atomic E-state index is 4.47. The van der Waals surface area contributed by atoms with Crippen molar-refractivity contribution in [3.05, 3.63) is 48.0 Å². The molecule has 0 radical (unpaired) electrons. The van der Waals surface area contributed by atoms with Gasteiger partial charge in [0.25, 0.3) is 0 Å². The van der Waals surface area contributed by atoms with E-state index in [9.17, 15) is 0 Å². The number of nitrogens with one attached hydrogen (secondary N) is 1. The van der Waals surface area contributed by atoms with Crippen LogP contribution in [0, 0.1) is 5.92 Å². The normalized spacial score (nSPS) is 13.8. The van der Waals surface area contributed by atoms with Gasteiger partial charge in [-0.05, 0) is 24.0 Å². The Kier molecular flexibility index (Phi) is 6.65. The van der Waals surface area contributed by atoms with Crippen LogP contribution in [0.3, 0.4) is 0 Å². The van der Waals surface area contributed by atoms with Gasteiger partial charge in [0.05, 0.1) is 6.54 Å². The summed E-state index contributed by atoms with van der Waals surface area (Å²) in [5, 5.41) is 3.46. The largest absolute Gasteiger partial charge is 0.349 e. The van der Waals surface area contributed by atoms with E-state index < -0.39 is 0 Å². The third kappa shape index (κ3) is 4.09. The summed E-state index contributed by atoms with van der Waals surface area (Å²) in [5.41, 5.74) is 2.64. The molecule has 0 fully saturated rings. The molecule has 2 aromatic rings. The van der Waals surface area contributed by atoms with Gasteiger partial charge in [-0.3, -0.25) is 4.99 Å². The van der Waals surface area contributed by atoms with Gasteiger partial charge in [-0.25, -0.2) is 4.98 Å². The van der Waals surface area contributed by atoms with Gasteiger partial charge in [0, 0.05) is 38.2 Å². The minimum Gasteiger partial charge on any atom is -0.349 e. The second kappa shape index (κ2) is 8.50. The number of guanidine groups is 1. The number of nitrogens with zero attached hydrogens (tertiary/aromatic N) is 4. The van der Waals surface area contributed by atoms with Crippen LogP contribution >= 0.6 is 24.0 Å². The molecule has 0 bridgehead atoms. The molecule has 1 aromatic carbocycles. The van der Waals surface area contributed by atoms with Gasteiger partial charge in [-0.15, -0.1) is 24.0 Å². The monoisotopic (exact) mass is 439 g/mol. The average molecular weight is 439 g/mol. The van der Waals surface area contributed by atoms with Gasteiger partial charge in [0.1, 0.15) is 5.82 Å². The summed E-state index contributed by atoms with van der Waals surface area (Å²) in [6.45, 7) is 7.08. The van der Waals surface area contributed by atoms with E-state index in [4.69, 9.17) is 0 Å². The molecule has 0 spiro atoms. The number of hydrogen-bond donors (Lipinski definition) is 1. The lowest BCUT2D eigenvalue weighted by Gasteiger charge is -2.22. The van der Waals surface area contributed by atoms with E-state index in [0.29, 0.717) is 12.5 Å². The summed E-state index contributed by atoms with van der Waals surface area (Å²) >= 11 is 0. The Bertz CT molecular complexity index is 692. The first-order chi connectivity index (χ1) is 11.2. The second-order valence-electron chi connectivity index (χ2n) is 6.32. The Hall–Kier alpha value is -1.57. The summed E-state index contributed by atoms with van der Waals surface area (Å²) < 4.78 is 2.21. The van der Waals surface area contributed by atoms with E-state index in [2.05, 4.69) is 62.9 Å². The SMILES string of the molecule is CN=C(NCc1nccn1CC(C)C)N1CCc2ccccc21.I. The molecule has 1 aromatic heterocycles. The average Bonchev–Trinajstić information content (AvgIpc) is 3.15. The minimum absolute atomic E-state index is 0. The fourth-order valence-electron chi connectivity index (χ4n) is 3.08. The molecule has 0 saturated heterocycles. The molecule has 2 heterocycles. The fraction of sp³-hybridized carbons (Fsp3) is 0.444. The second-order valence-corrected chi connectivity index (χ2v) is 6.32. The maximum atomic E-state index is 4.47. The first-order valence-electron chi connectivity index (χ1n) is 8.25. The van der Waals surface area contributed by atoms with Crippen molar-refractivity contribution in [2.45, 2.75) is 33.4 Å². The molecule has 0 atom stereocenters. The molecule has 130 valence electrons. The number of aliphatic imine (C=N–C) groups is 1. The van der Waals surface area contributed by atoms with Crippen LogP contribution in [-0.4, -0.2) is 29.1 Å². The van der Waals surface area contributed by atoms with Crippen molar-refractivity contribution in [1.29, 1.82) is 0 Å². The number of rotatable bonds is 4. The molecule has 1 aliphatic rings. The molecule has 1 aliphatic heterocycles. The Morgan fingerprint density at radius 1 is 1.33 bits per heavy atom. The molecule has 0 aliphatic carbocycles. The van der Waals surface area contributed by atoms with E-state index >= 15 is 0 Å². The molecule has 5 nitrogen and oxygen atoms in total. The van der Waals surface area contributed by atoms with Gasteiger partial charge in [0.2, 0.25) is 0 Å². The summed E-state index contributed by atoms with van der Waals surface area (Å²) in [7, 11) is 1.84. The molecule has 3 rings (SSSR count). The first-order valence-corrected chi connectivity index (χ1v) is 8.25. The number of hydrogen-bond acceptors (Lipinski definition) is 2. The molecule has 24 heavy (non-hydrogen) atoms. The zero-order valence-electron chi connectivity index (χ0n) is 14.6. The van der Waals surface area contributed by atoms with Gasteiger partial charge < -0.3 is 14.8 Å². The van der Waals surface area contributed by atoms with Gasteiger partial charge >= 0.3 is 0 Å². The van der Waals surface area contributed by atoms with Gasteiger partial charge in [-0.1, -0.05) is 32.0 Å². The number of benzene rings is 1. The lowest BCUT2D eigenvalue weighted by atomic mass is 10.2. The van der Waals surface area contributed by atoms with Crippen LogP contribution in [-0.2, 0) is 19.5 Å². The summed E-state index contributed by atoms with van der Waals surface area (Å²) in [6, 6.07) is 8.54. The summed E-state index contributed by atoms with van der Waals surface area (Å²) in [5.74, 6) is 2.56. The van der Waals surface area contributed by atoms with E-state index in [-0.39, 0.29) is 24.0 Å². The Morgan fingerprint density at radius 3 is 2.88 bits per heavy atom.